The molecule has 1 amide bonds. The molecule has 4 aromatic rings. The number of anilines is 2. The highest BCUT2D eigenvalue weighted by Crippen LogP contribution is 2.34. The number of benzene rings is 2. The zero-order valence-electron chi connectivity index (χ0n) is 24.0. The van der Waals surface area contributed by atoms with E-state index < -0.39 is 0 Å². The molecule has 0 bridgehead atoms. The van der Waals surface area contributed by atoms with Gasteiger partial charge >= 0.3 is 0 Å². The minimum Gasteiger partial charge on any atom is -0.369 e. The minimum absolute atomic E-state index is 0.0424. The van der Waals surface area contributed by atoms with Gasteiger partial charge in [-0.1, -0.05) is 12.1 Å². The van der Waals surface area contributed by atoms with Gasteiger partial charge in [-0.2, -0.15) is 0 Å². The second-order valence-corrected chi connectivity index (χ2v) is 11.0. The van der Waals surface area contributed by atoms with Gasteiger partial charge in [0.15, 0.2) is 5.65 Å². The fraction of sp³-hybridized carbons (Fsp3) is 0.387. The highest BCUT2D eigenvalue weighted by atomic mass is 16.2. The third kappa shape index (κ3) is 5.67. The normalized spacial score (nSPS) is 14.4. The number of likely N-dealkylation sites (N-methyl/N-ethyl adjacent to an activating group) is 2. The van der Waals surface area contributed by atoms with Gasteiger partial charge in [0, 0.05) is 80.3 Å². The van der Waals surface area contributed by atoms with E-state index in [1.165, 1.54) is 16.8 Å². The summed E-state index contributed by atoms with van der Waals surface area (Å²) in [6.45, 7) is 11.7. The zero-order valence-corrected chi connectivity index (χ0v) is 24.0. The van der Waals surface area contributed by atoms with Crippen molar-refractivity contribution in [2.24, 2.45) is 0 Å². The topological polar surface area (TPSA) is 71.6 Å². The van der Waals surface area contributed by atoms with Crippen LogP contribution in [0.2, 0.25) is 0 Å². The van der Waals surface area contributed by atoms with Crippen LogP contribution in [-0.2, 0) is 4.79 Å². The van der Waals surface area contributed by atoms with Crippen molar-refractivity contribution in [2.75, 3.05) is 70.2 Å². The van der Waals surface area contributed by atoms with Gasteiger partial charge in [-0.05, 0) is 82.0 Å². The quantitative estimate of drug-likeness (QED) is 0.381. The summed E-state index contributed by atoms with van der Waals surface area (Å²) in [5, 5.41) is 10.1. The summed E-state index contributed by atoms with van der Waals surface area (Å²) in [4.78, 5) is 24.3. The SMILES string of the molecule is CC(=O)N(CCN(C)C)c1ccc(-c2c[nH]c3nnc(-c4cc(C)c(N5CCN(C)CC5)c(C)c4)cc23)cc1. The summed E-state index contributed by atoms with van der Waals surface area (Å²) >= 11 is 0. The maximum Gasteiger partial charge on any atom is 0.223 e. The molecule has 1 N–H and O–H groups in total. The molecule has 0 radical (unpaired) electrons. The Morgan fingerprint density at radius 3 is 2.21 bits per heavy atom. The molecule has 1 aliphatic rings. The summed E-state index contributed by atoms with van der Waals surface area (Å²) in [6, 6.07) is 14.8. The predicted molar refractivity (Wildman–Crippen MR) is 161 cm³/mol. The number of hydrogen-bond acceptors (Lipinski definition) is 6. The first-order chi connectivity index (χ1) is 18.7. The monoisotopic (exact) mass is 525 g/mol. The van der Waals surface area contributed by atoms with Gasteiger partial charge in [-0.3, -0.25) is 4.79 Å². The molecule has 2 aromatic carbocycles. The molecule has 3 heterocycles. The Labute approximate surface area is 231 Å². The Bertz CT molecular complexity index is 1440. The molecule has 39 heavy (non-hydrogen) atoms. The molecule has 2 aromatic heterocycles. The predicted octanol–water partition coefficient (Wildman–Crippen LogP) is 4.58. The van der Waals surface area contributed by atoms with Crippen LogP contribution in [0, 0.1) is 13.8 Å². The maximum absolute atomic E-state index is 12.3. The van der Waals surface area contributed by atoms with E-state index in [1.807, 2.05) is 37.3 Å². The van der Waals surface area contributed by atoms with Crippen molar-refractivity contribution in [3.63, 3.8) is 0 Å². The molecule has 1 fully saturated rings. The van der Waals surface area contributed by atoms with Crippen molar-refractivity contribution < 1.29 is 4.79 Å². The van der Waals surface area contributed by atoms with Crippen LogP contribution in [-0.4, -0.2) is 91.3 Å². The third-order valence-electron chi connectivity index (χ3n) is 7.68. The molecule has 0 spiro atoms. The Balaban J connectivity index is 1.44. The van der Waals surface area contributed by atoms with E-state index in [9.17, 15) is 4.79 Å². The zero-order chi connectivity index (χ0) is 27.7. The van der Waals surface area contributed by atoms with E-state index >= 15 is 0 Å². The summed E-state index contributed by atoms with van der Waals surface area (Å²) in [6.07, 6.45) is 1.99. The molecule has 8 heteroatoms. The van der Waals surface area contributed by atoms with Crippen molar-refractivity contribution in [1.82, 2.24) is 25.0 Å². The second kappa shape index (κ2) is 11.2. The number of amides is 1. The number of carbonyl (C=O) groups is 1. The molecule has 204 valence electrons. The van der Waals surface area contributed by atoms with Crippen molar-refractivity contribution in [3.8, 4) is 22.4 Å². The van der Waals surface area contributed by atoms with E-state index in [0.29, 0.717) is 6.54 Å². The lowest BCUT2D eigenvalue weighted by Crippen LogP contribution is -2.45. The largest absolute Gasteiger partial charge is 0.369 e. The fourth-order valence-corrected chi connectivity index (χ4v) is 5.52. The second-order valence-electron chi connectivity index (χ2n) is 11.0. The van der Waals surface area contributed by atoms with Crippen LogP contribution in [0.25, 0.3) is 33.4 Å². The highest BCUT2D eigenvalue weighted by Gasteiger charge is 2.19. The third-order valence-corrected chi connectivity index (χ3v) is 7.68. The Hall–Kier alpha value is -3.75. The van der Waals surface area contributed by atoms with Crippen molar-refractivity contribution in [1.29, 1.82) is 0 Å². The van der Waals surface area contributed by atoms with E-state index in [4.69, 9.17) is 0 Å². The van der Waals surface area contributed by atoms with E-state index in [1.54, 1.807) is 6.92 Å². The molecule has 0 aliphatic carbocycles. The first kappa shape index (κ1) is 26.8. The van der Waals surface area contributed by atoms with Crippen molar-refractivity contribution in [3.05, 3.63) is 59.8 Å². The Morgan fingerprint density at radius 1 is 0.923 bits per heavy atom. The molecule has 0 saturated carbocycles. The summed E-state index contributed by atoms with van der Waals surface area (Å²) in [5.74, 6) is 0.0424. The van der Waals surface area contributed by atoms with Crippen molar-refractivity contribution >= 4 is 28.3 Å². The average Bonchev–Trinajstić information content (AvgIpc) is 3.33. The van der Waals surface area contributed by atoms with Gasteiger partial charge < -0.3 is 24.6 Å². The number of fused-ring (bicyclic) bond motifs is 1. The minimum atomic E-state index is 0.0424. The first-order valence-electron chi connectivity index (χ1n) is 13.6. The van der Waals surface area contributed by atoms with Crippen LogP contribution < -0.4 is 9.80 Å². The molecular formula is C31H39N7O. The first-order valence-corrected chi connectivity index (χ1v) is 13.6. The van der Waals surface area contributed by atoms with Crippen LogP contribution >= 0.6 is 0 Å². The van der Waals surface area contributed by atoms with Gasteiger partial charge in [0.1, 0.15) is 0 Å². The molecule has 1 aliphatic heterocycles. The number of hydrogen-bond donors (Lipinski definition) is 1. The number of aromatic amines is 1. The van der Waals surface area contributed by atoms with Crippen LogP contribution in [0.15, 0.2) is 48.7 Å². The average molecular weight is 526 g/mol. The number of nitrogens with zero attached hydrogens (tertiary/aromatic N) is 6. The number of aryl methyl sites for hydroxylation is 2. The highest BCUT2D eigenvalue weighted by molar-refractivity contribution is 5.96. The molecule has 0 unspecified atom stereocenters. The Kier molecular flexibility index (Phi) is 7.68. The van der Waals surface area contributed by atoms with Crippen LogP contribution in [0.3, 0.4) is 0 Å². The number of rotatable bonds is 7. The van der Waals surface area contributed by atoms with Gasteiger partial charge in [0.2, 0.25) is 5.91 Å². The van der Waals surface area contributed by atoms with E-state index in [2.05, 4.69) is 81.1 Å². The van der Waals surface area contributed by atoms with Crippen LogP contribution in [0.4, 0.5) is 11.4 Å². The van der Waals surface area contributed by atoms with Crippen molar-refractivity contribution in [2.45, 2.75) is 20.8 Å². The fourth-order valence-electron chi connectivity index (χ4n) is 5.52. The lowest BCUT2D eigenvalue weighted by molar-refractivity contribution is -0.116. The summed E-state index contributed by atoms with van der Waals surface area (Å²) in [5.41, 5.74) is 9.62. The maximum atomic E-state index is 12.3. The Morgan fingerprint density at radius 2 is 1.59 bits per heavy atom. The van der Waals surface area contributed by atoms with Gasteiger partial charge in [0.05, 0.1) is 5.69 Å². The molecule has 8 nitrogen and oxygen atoms in total. The number of piperazine rings is 1. The van der Waals surface area contributed by atoms with Crippen LogP contribution in [0.5, 0.6) is 0 Å². The molecule has 0 atom stereocenters. The molecule has 1 saturated heterocycles. The van der Waals surface area contributed by atoms with E-state index in [0.717, 1.165) is 71.8 Å². The standard InChI is InChI=1S/C31H39N7O/c1-21-17-25(18-22(2)30(21)37-14-12-36(6)13-15-37)29-19-27-28(20-32-31(27)34-33-29)24-7-9-26(10-8-24)38(23(3)39)16-11-35(4)5/h7-10,17-20H,11-16H2,1-6H3,(H,32,34). The van der Waals surface area contributed by atoms with Crippen LogP contribution in [0.1, 0.15) is 18.1 Å². The van der Waals surface area contributed by atoms with E-state index in [-0.39, 0.29) is 5.91 Å². The lowest BCUT2D eigenvalue weighted by atomic mass is 9.99. The van der Waals surface area contributed by atoms with Gasteiger partial charge in [-0.15, -0.1) is 10.2 Å². The van der Waals surface area contributed by atoms with Gasteiger partial charge in [-0.25, -0.2) is 0 Å². The smallest absolute Gasteiger partial charge is 0.223 e. The summed E-state index contributed by atoms with van der Waals surface area (Å²) < 4.78 is 0. The number of nitrogens with one attached hydrogen (secondary N) is 1. The number of aromatic nitrogens is 3. The number of carbonyl (C=O) groups excluding carboxylic acids is 1. The number of H-pyrrole nitrogens is 1. The molecular weight excluding hydrogens is 486 g/mol. The lowest BCUT2D eigenvalue weighted by Gasteiger charge is -2.36. The summed E-state index contributed by atoms with van der Waals surface area (Å²) in [7, 11) is 6.21. The molecule has 5 rings (SSSR count). The van der Waals surface area contributed by atoms with Gasteiger partial charge in [0.25, 0.3) is 0 Å².